The Kier molecular flexibility index (Phi) is 25.5. The summed E-state index contributed by atoms with van der Waals surface area (Å²) in [4.78, 5) is 116. The van der Waals surface area contributed by atoms with Crippen LogP contribution in [0, 0.1) is 11.8 Å². The van der Waals surface area contributed by atoms with Crippen LogP contribution < -0.4 is 53.2 Å². The highest BCUT2D eigenvalue weighted by Crippen LogP contribution is 2.36. The Morgan fingerprint density at radius 2 is 0.784 bits per heavy atom. The maximum atomic E-state index is 14.7. The molecule has 0 saturated carbocycles. The van der Waals surface area contributed by atoms with Crippen molar-refractivity contribution in [1.29, 1.82) is 0 Å². The quantitative estimate of drug-likeness (QED) is 0.0311. The second-order valence-corrected chi connectivity index (χ2v) is 24.3. The number of benzene rings is 4. The summed E-state index contributed by atoms with van der Waals surface area (Å²) in [5.74, 6) is -3.08. The molecule has 0 bridgehead atoms. The summed E-state index contributed by atoms with van der Waals surface area (Å²) in [5.41, 5.74) is 3.46. The van der Waals surface area contributed by atoms with Crippen molar-refractivity contribution in [3.05, 3.63) is 144 Å². The van der Waals surface area contributed by atoms with Crippen molar-refractivity contribution in [1.82, 2.24) is 63.0 Å². The minimum Gasteiger partial charge on any atom is -0.354 e. The van der Waals surface area contributed by atoms with Crippen molar-refractivity contribution in [3.8, 4) is 0 Å². The van der Waals surface area contributed by atoms with Crippen LogP contribution in [0.4, 0.5) is 0 Å². The van der Waals surface area contributed by atoms with Gasteiger partial charge in [-0.3, -0.25) is 38.4 Å². The molecule has 4 heterocycles. The number of fused-ring (bicyclic) bond motifs is 2. The molecule has 8 amide bonds. The molecule has 4 aromatic rings. The van der Waals surface area contributed by atoms with Gasteiger partial charge in [-0.15, -0.1) is 0 Å². The minimum atomic E-state index is -0.993. The third kappa shape index (κ3) is 18.1. The average Bonchev–Trinajstić information content (AvgIpc) is 2.23. The molecule has 12 atom stereocenters. The maximum Gasteiger partial charge on any atom is 0.247 e. The van der Waals surface area contributed by atoms with Crippen molar-refractivity contribution in [2.24, 2.45) is 11.8 Å². The fourth-order valence-electron chi connectivity index (χ4n) is 13.0. The van der Waals surface area contributed by atoms with Crippen LogP contribution >= 0.6 is 0 Å². The zero-order chi connectivity index (χ0) is 62.4. The molecule has 88 heavy (non-hydrogen) atoms. The van der Waals surface area contributed by atoms with E-state index in [9.17, 15) is 38.4 Å². The second kappa shape index (κ2) is 33.7. The average molecular weight is 1210 g/mol. The molecule has 0 radical (unpaired) electrons. The lowest BCUT2D eigenvalue weighted by Gasteiger charge is -2.33. The summed E-state index contributed by atoms with van der Waals surface area (Å²) < 4.78 is 0. The third-order valence-electron chi connectivity index (χ3n) is 18.3. The van der Waals surface area contributed by atoms with E-state index < -0.39 is 60.1 Å². The first kappa shape index (κ1) is 66.4. The van der Waals surface area contributed by atoms with Crippen molar-refractivity contribution < 1.29 is 38.4 Å². The van der Waals surface area contributed by atoms with Crippen LogP contribution in [-0.2, 0) is 51.4 Å². The summed E-state index contributed by atoms with van der Waals surface area (Å²) in [6.45, 7) is 6.51. The van der Waals surface area contributed by atoms with E-state index in [-0.39, 0.29) is 59.4 Å². The monoisotopic (exact) mass is 1210 g/mol. The van der Waals surface area contributed by atoms with E-state index in [1.54, 1.807) is 62.0 Å². The summed E-state index contributed by atoms with van der Waals surface area (Å²) in [6.07, 6.45) is 9.81. The van der Waals surface area contributed by atoms with E-state index in [1.807, 2.05) is 97.1 Å². The number of carbonyl (C=O) groups is 8. The fraction of sp³-hybridized carbons (Fsp3) is 0.529. The Bertz CT molecular complexity index is 2710. The largest absolute Gasteiger partial charge is 0.354 e. The van der Waals surface area contributed by atoms with Gasteiger partial charge in [-0.05, 0) is 114 Å². The molecule has 20 heteroatoms. The van der Waals surface area contributed by atoms with E-state index in [2.05, 4.69) is 53.2 Å². The van der Waals surface area contributed by atoms with E-state index in [4.69, 9.17) is 0 Å². The van der Waals surface area contributed by atoms with Gasteiger partial charge in [0.25, 0.3) is 0 Å². The van der Waals surface area contributed by atoms with Crippen LogP contribution in [0.25, 0.3) is 0 Å². The second-order valence-electron chi connectivity index (χ2n) is 24.3. The summed E-state index contributed by atoms with van der Waals surface area (Å²) in [6, 6.07) is 31.5. The Hall–Kier alpha value is -7.52. The smallest absolute Gasteiger partial charge is 0.247 e. The Morgan fingerprint density at radius 1 is 0.443 bits per heavy atom. The van der Waals surface area contributed by atoms with Gasteiger partial charge in [0, 0.05) is 63.2 Å². The van der Waals surface area contributed by atoms with Gasteiger partial charge in [-0.1, -0.05) is 147 Å². The molecule has 10 N–H and O–H groups in total. The number of carbonyl (C=O) groups excluding carboxylic acids is 8. The molecule has 0 aliphatic carbocycles. The molecular weight excluding hydrogens is 1110 g/mol. The molecule has 4 aromatic carbocycles. The highest BCUT2D eigenvalue weighted by Gasteiger charge is 2.50. The van der Waals surface area contributed by atoms with Gasteiger partial charge in [0.15, 0.2) is 0 Å². The van der Waals surface area contributed by atoms with E-state index in [1.165, 1.54) is 0 Å². The molecule has 4 saturated heterocycles. The molecule has 4 fully saturated rings. The van der Waals surface area contributed by atoms with Gasteiger partial charge in [0.2, 0.25) is 47.3 Å². The lowest BCUT2D eigenvalue weighted by Crippen LogP contribution is -2.59. The predicted octanol–water partition coefficient (Wildman–Crippen LogP) is 4.58. The number of amides is 8. The van der Waals surface area contributed by atoms with Crippen molar-refractivity contribution in [3.63, 3.8) is 0 Å². The molecule has 0 aromatic heterocycles. The summed E-state index contributed by atoms with van der Waals surface area (Å²) >= 11 is 0. The topological polar surface area (TPSA) is 263 Å². The lowest BCUT2D eigenvalue weighted by atomic mass is 9.92. The number of hydrogen-bond donors (Lipinski definition) is 10. The number of rotatable bonds is 31. The molecule has 20 nitrogen and oxygen atoms in total. The van der Waals surface area contributed by atoms with Crippen molar-refractivity contribution in [2.75, 3.05) is 40.3 Å². The first-order chi connectivity index (χ1) is 42.8. The van der Waals surface area contributed by atoms with E-state index >= 15 is 0 Å². The van der Waals surface area contributed by atoms with Crippen LogP contribution in [-0.4, -0.2) is 146 Å². The zero-order valence-electron chi connectivity index (χ0n) is 51.8. The third-order valence-corrected chi connectivity index (χ3v) is 18.3. The number of nitrogens with one attached hydrogen (secondary N) is 10. The summed E-state index contributed by atoms with van der Waals surface area (Å²) in [5, 5.41) is 31.2. The first-order valence-corrected chi connectivity index (χ1v) is 32.1. The van der Waals surface area contributed by atoms with Gasteiger partial charge < -0.3 is 63.0 Å². The van der Waals surface area contributed by atoms with Gasteiger partial charge in [-0.25, -0.2) is 0 Å². The summed E-state index contributed by atoms with van der Waals surface area (Å²) in [7, 11) is 3.39. The predicted molar refractivity (Wildman–Crippen MR) is 338 cm³/mol. The van der Waals surface area contributed by atoms with Gasteiger partial charge in [0.1, 0.15) is 36.3 Å². The van der Waals surface area contributed by atoms with Crippen molar-refractivity contribution >= 4 is 47.3 Å². The van der Waals surface area contributed by atoms with E-state index in [0.717, 1.165) is 36.8 Å². The standard InChI is InChI=1S/C68H94N12O8/c1-45(69-3)61(81)77-59-51(43-71-41-47-23-13-9-14-24-47)31-33-53-35-37-55(79(53)67(59)87)63(83)75-57(49-27-17-11-18-28-49)65(85)73-39-21-7-5-6-8-22-40-74-66(86)58(50-29-19-12-20-30-50)76-64(84)56-38-36-54-34-32-52(44-72-42-48-25-15-10-16-26-48)60(68(88)80(54)56)78-62(82)46(2)70-4/h9-20,23-30,45-46,51-60,69-72H,5-8,21-22,31-44H2,1-4H3,(H,73,85)(H,74,86)(H,75,83)(H,76,84)(H,77,81)(H,78,82)/t45-,46-,51+,52+,53-,54-,55-,56-,57-,58-,59-,60-/m0/s1. The van der Waals surface area contributed by atoms with Gasteiger partial charge >= 0.3 is 0 Å². The normalized spacial score (nSPS) is 23.0. The Morgan fingerprint density at radius 3 is 1.15 bits per heavy atom. The van der Waals surface area contributed by atoms with Gasteiger partial charge in [0.05, 0.1) is 12.1 Å². The van der Waals surface area contributed by atoms with Crippen LogP contribution in [0.15, 0.2) is 121 Å². The van der Waals surface area contributed by atoms with E-state index in [0.29, 0.717) is 115 Å². The van der Waals surface area contributed by atoms with Crippen LogP contribution in [0.2, 0.25) is 0 Å². The minimum absolute atomic E-state index is 0.178. The number of likely N-dealkylation sites (N-methyl/N-ethyl adjacent to an activating group) is 2. The molecule has 0 unspecified atom stereocenters. The SMILES string of the molecule is CN[C@@H](C)C(=O)N[C@@H]1C(=O)N2[C@@H](CC[C@@H]1CNCc1ccccc1)CC[C@H]2C(=O)N[C@H](C(=O)NCCCCCCCCNC(=O)[C@@H](NC(=O)[C@@H]1CC[C@@H]2CC[C@H](CNCc3ccccc3)[C@H](NC(=O)[C@H](C)NC)C(=O)N21)c1ccccc1)c1ccccc1. The van der Waals surface area contributed by atoms with Crippen LogP contribution in [0.5, 0.6) is 0 Å². The lowest BCUT2D eigenvalue weighted by molar-refractivity contribution is -0.144. The molecule has 4 aliphatic rings. The number of nitrogens with zero attached hydrogens (tertiary/aromatic N) is 2. The highest BCUT2D eigenvalue weighted by molar-refractivity contribution is 5.97. The Balaban J connectivity index is 0.791. The maximum absolute atomic E-state index is 14.7. The first-order valence-electron chi connectivity index (χ1n) is 32.1. The van der Waals surface area contributed by atoms with Crippen molar-refractivity contribution in [2.45, 2.75) is 177 Å². The fourth-order valence-corrected chi connectivity index (χ4v) is 13.0. The number of hydrogen-bond acceptors (Lipinski definition) is 12. The molecule has 4 aliphatic heterocycles. The van der Waals surface area contributed by atoms with Gasteiger partial charge in [-0.2, -0.15) is 0 Å². The molecule has 8 rings (SSSR count). The number of unbranched alkanes of at least 4 members (excludes halogenated alkanes) is 5. The zero-order valence-corrected chi connectivity index (χ0v) is 51.8. The van der Waals surface area contributed by atoms with Crippen LogP contribution in [0.3, 0.4) is 0 Å². The van der Waals surface area contributed by atoms with Crippen LogP contribution in [0.1, 0.15) is 138 Å². The molecule has 474 valence electrons. The molecule has 0 spiro atoms. The Labute approximate surface area is 519 Å². The highest BCUT2D eigenvalue weighted by atomic mass is 16.2. The molecular formula is C68H94N12O8.